The SMILES string of the molecule is CCc1nccc(C(F)(F)F)c1-c1cc(F)cc(C(=O)O)c1. The molecule has 0 radical (unpaired) electrons. The largest absolute Gasteiger partial charge is 0.478 e. The van der Waals surface area contributed by atoms with Gasteiger partial charge in [0, 0.05) is 17.5 Å². The molecule has 0 saturated heterocycles. The summed E-state index contributed by atoms with van der Waals surface area (Å²) >= 11 is 0. The Labute approximate surface area is 123 Å². The summed E-state index contributed by atoms with van der Waals surface area (Å²) in [7, 11) is 0. The number of halogens is 4. The molecule has 116 valence electrons. The highest BCUT2D eigenvalue weighted by molar-refractivity contribution is 5.90. The van der Waals surface area contributed by atoms with Crippen molar-refractivity contribution in [2.24, 2.45) is 0 Å². The Morgan fingerprint density at radius 1 is 1.27 bits per heavy atom. The lowest BCUT2D eigenvalue weighted by molar-refractivity contribution is -0.137. The van der Waals surface area contributed by atoms with E-state index in [4.69, 9.17) is 5.11 Å². The zero-order valence-corrected chi connectivity index (χ0v) is 11.4. The molecule has 2 aromatic rings. The Kier molecular flexibility index (Phi) is 4.16. The van der Waals surface area contributed by atoms with Crippen LogP contribution in [0.2, 0.25) is 0 Å². The van der Waals surface area contributed by atoms with Gasteiger partial charge >= 0.3 is 12.1 Å². The monoisotopic (exact) mass is 313 g/mol. The van der Waals surface area contributed by atoms with Crippen molar-refractivity contribution in [1.82, 2.24) is 4.98 Å². The zero-order chi connectivity index (χ0) is 16.5. The Morgan fingerprint density at radius 3 is 2.50 bits per heavy atom. The Balaban J connectivity index is 2.79. The highest BCUT2D eigenvalue weighted by atomic mass is 19.4. The number of aryl methyl sites for hydroxylation is 1. The van der Waals surface area contributed by atoms with Gasteiger partial charge in [-0.15, -0.1) is 0 Å². The molecule has 22 heavy (non-hydrogen) atoms. The minimum atomic E-state index is -4.65. The third-order valence-electron chi connectivity index (χ3n) is 3.10. The van der Waals surface area contributed by atoms with Gasteiger partial charge in [-0.05, 0) is 36.2 Å². The topological polar surface area (TPSA) is 50.2 Å². The fourth-order valence-electron chi connectivity index (χ4n) is 2.19. The third kappa shape index (κ3) is 3.08. The lowest BCUT2D eigenvalue weighted by atomic mass is 9.95. The Bertz CT molecular complexity index is 726. The van der Waals surface area contributed by atoms with E-state index >= 15 is 0 Å². The number of rotatable bonds is 3. The summed E-state index contributed by atoms with van der Waals surface area (Å²) < 4.78 is 53.1. The van der Waals surface area contributed by atoms with Crippen LogP contribution in [0, 0.1) is 5.82 Å². The minimum Gasteiger partial charge on any atom is -0.478 e. The average molecular weight is 313 g/mol. The molecule has 0 aliphatic rings. The van der Waals surface area contributed by atoms with Gasteiger partial charge in [0.2, 0.25) is 0 Å². The quantitative estimate of drug-likeness (QED) is 0.865. The molecule has 3 nitrogen and oxygen atoms in total. The van der Waals surface area contributed by atoms with Crippen LogP contribution in [-0.2, 0) is 12.6 Å². The number of aromatic carboxylic acids is 1. The first-order valence-corrected chi connectivity index (χ1v) is 6.33. The summed E-state index contributed by atoms with van der Waals surface area (Å²) in [6, 6.07) is 3.43. The number of hydrogen-bond donors (Lipinski definition) is 1. The number of carboxylic acid groups (broad SMARTS) is 1. The number of aromatic nitrogens is 1. The van der Waals surface area contributed by atoms with E-state index in [1.54, 1.807) is 6.92 Å². The van der Waals surface area contributed by atoms with E-state index in [-0.39, 0.29) is 23.2 Å². The van der Waals surface area contributed by atoms with Gasteiger partial charge in [-0.25, -0.2) is 9.18 Å². The van der Waals surface area contributed by atoms with Crippen molar-refractivity contribution in [3.8, 4) is 11.1 Å². The van der Waals surface area contributed by atoms with Crippen LogP contribution >= 0.6 is 0 Å². The molecule has 0 aliphatic carbocycles. The molecule has 0 spiro atoms. The zero-order valence-electron chi connectivity index (χ0n) is 11.4. The van der Waals surface area contributed by atoms with Crippen molar-refractivity contribution in [2.75, 3.05) is 0 Å². The summed E-state index contributed by atoms with van der Waals surface area (Å²) in [5.41, 5.74) is -1.72. The summed E-state index contributed by atoms with van der Waals surface area (Å²) in [5.74, 6) is -2.34. The first-order valence-electron chi connectivity index (χ1n) is 6.33. The van der Waals surface area contributed by atoms with Crippen LogP contribution in [0.5, 0.6) is 0 Å². The van der Waals surface area contributed by atoms with Crippen molar-refractivity contribution in [2.45, 2.75) is 19.5 Å². The number of pyridine rings is 1. The molecule has 2 rings (SSSR count). The number of alkyl halides is 3. The van der Waals surface area contributed by atoms with Gasteiger partial charge in [-0.2, -0.15) is 13.2 Å². The molecule has 0 unspecified atom stereocenters. The molecule has 1 heterocycles. The van der Waals surface area contributed by atoms with Gasteiger partial charge in [-0.1, -0.05) is 6.92 Å². The number of benzene rings is 1. The summed E-state index contributed by atoms with van der Waals surface area (Å²) in [5, 5.41) is 8.93. The van der Waals surface area contributed by atoms with E-state index in [0.717, 1.165) is 30.5 Å². The van der Waals surface area contributed by atoms with E-state index < -0.39 is 29.1 Å². The van der Waals surface area contributed by atoms with Gasteiger partial charge in [0.15, 0.2) is 0 Å². The smallest absolute Gasteiger partial charge is 0.417 e. The van der Waals surface area contributed by atoms with Crippen LogP contribution in [0.25, 0.3) is 11.1 Å². The van der Waals surface area contributed by atoms with Crippen LogP contribution in [0.15, 0.2) is 30.5 Å². The van der Waals surface area contributed by atoms with Crippen LogP contribution < -0.4 is 0 Å². The molecule has 1 aromatic carbocycles. The molecule has 0 atom stereocenters. The molecule has 1 aromatic heterocycles. The summed E-state index contributed by atoms with van der Waals surface area (Å²) in [4.78, 5) is 14.9. The number of carbonyl (C=O) groups is 1. The van der Waals surface area contributed by atoms with E-state index in [1.165, 1.54) is 0 Å². The second kappa shape index (κ2) is 5.75. The van der Waals surface area contributed by atoms with Gasteiger partial charge in [-0.3, -0.25) is 4.98 Å². The lowest BCUT2D eigenvalue weighted by Crippen LogP contribution is -2.10. The maximum Gasteiger partial charge on any atom is 0.417 e. The molecule has 0 saturated carbocycles. The van der Waals surface area contributed by atoms with E-state index in [0.29, 0.717) is 0 Å². The van der Waals surface area contributed by atoms with Crippen LogP contribution in [0.1, 0.15) is 28.5 Å². The standard InChI is InChI=1S/C15H11F4NO2/c1-2-12-13(11(3-4-20-12)15(17,18)19)8-5-9(14(21)22)7-10(16)6-8/h3-7H,2H2,1H3,(H,21,22). The van der Waals surface area contributed by atoms with Crippen LogP contribution in [-0.4, -0.2) is 16.1 Å². The van der Waals surface area contributed by atoms with E-state index in [2.05, 4.69) is 4.98 Å². The molecule has 0 amide bonds. The minimum absolute atomic E-state index is 0.122. The molecule has 0 aliphatic heterocycles. The van der Waals surface area contributed by atoms with Crippen molar-refractivity contribution in [1.29, 1.82) is 0 Å². The molecule has 7 heteroatoms. The van der Waals surface area contributed by atoms with E-state index in [9.17, 15) is 22.4 Å². The Morgan fingerprint density at radius 2 is 1.95 bits per heavy atom. The van der Waals surface area contributed by atoms with Crippen LogP contribution in [0.3, 0.4) is 0 Å². The van der Waals surface area contributed by atoms with Gasteiger partial charge in [0.05, 0.1) is 11.1 Å². The first kappa shape index (κ1) is 15.9. The average Bonchev–Trinajstić information content (AvgIpc) is 2.44. The van der Waals surface area contributed by atoms with Gasteiger partial charge in [0.25, 0.3) is 0 Å². The van der Waals surface area contributed by atoms with Crippen molar-refractivity contribution >= 4 is 5.97 Å². The third-order valence-corrected chi connectivity index (χ3v) is 3.10. The number of carboxylic acids is 1. The molecule has 1 N–H and O–H groups in total. The van der Waals surface area contributed by atoms with Crippen LogP contribution in [0.4, 0.5) is 17.6 Å². The van der Waals surface area contributed by atoms with Crippen molar-refractivity contribution < 1.29 is 27.5 Å². The second-order valence-corrected chi connectivity index (χ2v) is 4.57. The molecular weight excluding hydrogens is 302 g/mol. The summed E-state index contributed by atoms with van der Waals surface area (Å²) in [6.45, 7) is 1.61. The fraction of sp³-hybridized carbons (Fsp3) is 0.200. The predicted molar refractivity (Wildman–Crippen MR) is 71.0 cm³/mol. The Hall–Kier alpha value is -2.44. The lowest BCUT2D eigenvalue weighted by Gasteiger charge is -2.16. The maximum atomic E-state index is 13.6. The fourth-order valence-corrected chi connectivity index (χ4v) is 2.19. The molecule has 0 bridgehead atoms. The predicted octanol–water partition coefficient (Wildman–Crippen LogP) is 4.17. The second-order valence-electron chi connectivity index (χ2n) is 4.57. The van der Waals surface area contributed by atoms with Crippen molar-refractivity contribution in [3.05, 3.63) is 53.1 Å². The van der Waals surface area contributed by atoms with Gasteiger partial charge in [0.1, 0.15) is 5.82 Å². The molecular formula is C15H11F4NO2. The van der Waals surface area contributed by atoms with E-state index in [1.807, 2.05) is 0 Å². The number of hydrogen-bond acceptors (Lipinski definition) is 2. The summed E-state index contributed by atoms with van der Waals surface area (Å²) in [6.07, 6.45) is -3.43. The molecule has 0 fully saturated rings. The van der Waals surface area contributed by atoms with Crippen molar-refractivity contribution in [3.63, 3.8) is 0 Å². The highest BCUT2D eigenvalue weighted by Crippen LogP contribution is 2.39. The maximum absolute atomic E-state index is 13.6. The van der Waals surface area contributed by atoms with Gasteiger partial charge < -0.3 is 5.11 Å². The first-order chi connectivity index (χ1) is 10.2. The normalized spacial score (nSPS) is 11.5. The highest BCUT2D eigenvalue weighted by Gasteiger charge is 2.35. The number of nitrogens with zero attached hydrogens (tertiary/aromatic N) is 1.